The van der Waals surface area contributed by atoms with E-state index in [1.54, 1.807) is 20.3 Å². The van der Waals surface area contributed by atoms with Crippen LogP contribution in [0, 0.1) is 0 Å². The minimum absolute atomic E-state index is 0.0565. The van der Waals surface area contributed by atoms with E-state index in [9.17, 15) is 14.7 Å². The molecule has 0 aliphatic rings. The van der Waals surface area contributed by atoms with Crippen LogP contribution in [0.4, 0.5) is 0 Å². The Labute approximate surface area is 160 Å². The van der Waals surface area contributed by atoms with E-state index in [4.69, 9.17) is 4.74 Å². The van der Waals surface area contributed by atoms with Crippen LogP contribution in [-0.2, 0) is 14.1 Å². The fourth-order valence-corrected chi connectivity index (χ4v) is 3.37. The predicted molar refractivity (Wildman–Crippen MR) is 107 cm³/mol. The van der Waals surface area contributed by atoms with Gasteiger partial charge in [-0.1, -0.05) is 36.4 Å². The highest BCUT2D eigenvalue weighted by atomic mass is 16.5. The van der Waals surface area contributed by atoms with Crippen molar-refractivity contribution in [2.45, 2.75) is 0 Å². The van der Waals surface area contributed by atoms with Gasteiger partial charge in [0.2, 0.25) is 0 Å². The zero-order valence-electron chi connectivity index (χ0n) is 15.4. The molecular formula is C22H18N2O4. The molecule has 4 aromatic rings. The molecule has 0 aliphatic carbocycles. The fraction of sp³-hybridized carbons (Fsp3) is 0.0909. The highest BCUT2D eigenvalue weighted by molar-refractivity contribution is 6.01. The van der Waals surface area contributed by atoms with Gasteiger partial charge in [0.25, 0.3) is 5.56 Å². The zero-order chi connectivity index (χ0) is 19.8. The lowest BCUT2D eigenvalue weighted by atomic mass is 10.0. The van der Waals surface area contributed by atoms with E-state index in [0.717, 1.165) is 11.1 Å². The molecule has 0 bridgehead atoms. The number of aromatic carboxylic acids is 1. The molecule has 0 saturated carbocycles. The van der Waals surface area contributed by atoms with Crippen LogP contribution < -0.4 is 10.3 Å². The molecule has 0 aliphatic heterocycles. The molecule has 0 radical (unpaired) electrons. The standard InChI is InChI=1S/C22H18N2O4/c1-23-13-17(16-12-18(22(26)27)24(2)20(16)21(23)25)15-10-6-7-11-19(15)28-14-8-4-3-5-9-14/h3-13H,1-2H3,(H,26,27). The summed E-state index contributed by atoms with van der Waals surface area (Å²) >= 11 is 0. The third kappa shape index (κ3) is 2.85. The molecule has 4 rings (SSSR count). The largest absolute Gasteiger partial charge is 0.477 e. The van der Waals surface area contributed by atoms with Gasteiger partial charge < -0.3 is 19.0 Å². The molecular weight excluding hydrogens is 356 g/mol. The van der Waals surface area contributed by atoms with Crippen molar-refractivity contribution in [2.75, 3.05) is 0 Å². The monoisotopic (exact) mass is 374 g/mol. The molecule has 0 saturated heterocycles. The average molecular weight is 374 g/mol. The number of carboxylic acid groups (broad SMARTS) is 1. The first-order valence-electron chi connectivity index (χ1n) is 8.72. The van der Waals surface area contributed by atoms with Gasteiger partial charge in [-0.15, -0.1) is 0 Å². The first kappa shape index (κ1) is 17.6. The van der Waals surface area contributed by atoms with Gasteiger partial charge in [-0.3, -0.25) is 4.79 Å². The van der Waals surface area contributed by atoms with Crippen LogP contribution in [0.1, 0.15) is 10.5 Å². The summed E-state index contributed by atoms with van der Waals surface area (Å²) in [5.41, 5.74) is 1.64. The van der Waals surface area contributed by atoms with Crippen molar-refractivity contribution < 1.29 is 14.6 Å². The Hall–Kier alpha value is -3.80. The number of carboxylic acids is 1. The molecule has 2 aromatic heterocycles. The van der Waals surface area contributed by atoms with E-state index < -0.39 is 5.97 Å². The Morgan fingerprint density at radius 3 is 2.36 bits per heavy atom. The number of aryl methyl sites for hydroxylation is 2. The number of benzene rings is 2. The number of rotatable bonds is 4. The molecule has 6 nitrogen and oxygen atoms in total. The topological polar surface area (TPSA) is 73.5 Å². The summed E-state index contributed by atoms with van der Waals surface area (Å²) in [6.45, 7) is 0. The molecule has 0 spiro atoms. The molecule has 2 heterocycles. The molecule has 0 atom stereocenters. The van der Waals surface area contributed by atoms with E-state index in [0.29, 0.717) is 22.4 Å². The lowest BCUT2D eigenvalue weighted by Crippen LogP contribution is -2.19. The number of aromatic nitrogens is 2. The van der Waals surface area contributed by atoms with Crippen molar-refractivity contribution >= 4 is 16.9 Å². The second-order valence-electron chi connectivity index (χ2n) is 6.53. The minimum Gasteiger partial charge on any atom is -0.477 e. The summed E-state index contributed by atoms with van der Waals surface area (Å²) in [5, 5.41) is 10.1. The molecule has 140 valence electrons. The Morgan fingerprint density at radius 2 is 1.64 bits per heavy atom. The number of hydrogen-bond donors (Lipinski definition) is 1. The van der Waals surface area contributed by atoms with Crippen LogP contribution in [-0.4, -0.2) is 20.2 Å². The van der Waals surface area contributed by atoms with Gasteiger partial charge in [0.1, 0.15) is 22.7 Å². The van der Waals surface area contributed by atoms with E-state index in [-0.39, 0.29) is 11.3 Å². The highest BCUT2D eigenvalue weighted by Gasteiger charge is 2.20. The third-order valence-corrected chi connectivity index (χ3v) is 4.74. The zero-order valence-corrected chi connectivity index (χ0v) is 15.4. The summed E-state index contributed by atoms with van der Waals surface area (Å²) in [6.07, 6.45) is 1.71. The van der Waals surface area contributed by atoms with Gasteiger partial charge >= 0.3 is 5.97 Å². The quantitative estimate of drug-likeness (QED) is 0.585. The van der Waals surface area contributed by atoms with Crippen molar-refractivity contribution in [2.24, 2.45) is 14.1 Å². The van der Waals surface area contributed by atoms with Crippen LogP contribution in [0.3, 0.4) is 0 Å². The number of fused-ring (bicyclic) bond motifs is 1. The molecule has 6 heteroatoms. The Kier molecular flexibility index (Phi) is 4.24. The number of ether oxygens (including phenoxy) is 1. The normalized spacial score (nSPS) is 10.9. The molecule has 0 fully saturated rings. The predicted octanol–water partition coefficient (Wildman–Crippen LogP) is 4.03. The van der Waals surface area contributed by atoms with E-state index in [1.807, 2.05) is 54.6 Å². The Balaban J connectivity index is 1.98. The smallest absolute Gasteiger partial charge is 0.352 e. The average Bonchev–Trinajstić information content (AvgIpc) is 3.04. The van der Waals surface area contributed by atoms with Gasteiger partial charge in [0, 0.05) is 36.8 Å². The summed E-state index contributed by atoms with van der Waals surface area (Å²) in [4.78, 5) is 24.3. The first-order chi connectivity index (χ1) is 13.5. The SMILES string of the molecule is Cn1cc(-c2ccccc2Oc2ccccc2)c2cc(C(=O)O)n(C)c2c1=O. The van der Waals surface area contributed by atoms with E-state index in [1.165, 1.54) is 15.2 Å². The van der Waals surface area contributed by atoms with Crippen molar-refractivity contribution in [3.63, 3.8) is 0 Å². The van der Waals surface area contributed by atoms with Gasteiger partial charge in [-0.25, -0.2) is 4.79 Å². The second kappa shape index (κ2) is 6.74. The van der Waals surface area contributed by atoms with Crippen LogP contribution in [0.2, 0.25) is 0 Å². The summed E-state index contributed by atoms with van der Waals surface area (Å²) in [6, 6.07) is 18.4. The number of nitrogens with zero attached hydrogens (tertiary/aromatic N) is 2. The van der Waals surface area contributed by atoms with Gasteiger partial charge in [0.05, 0.1) is 0 Å². The molecule has 0 amide bonds. The van der Waals surface area contributed by atoms with Gasteiger partial charge in [-0.05, 0) is 24.3 Å². The van der Waals surface area contributed by atoms with Crippen molar-refractivity contribution in [1.82, 2.24) is 9.13 Å². The summed E-state index contributed by atoms with van der Waals surface area (Å²) in [7, 11) is 3.24. The molecule has 2 aromatic carbocycles. The second-order valence-corrected chi connectivity index (χ2v) is 6.53. The molecule has 1 N–H and O–H groups in total. The summed E-state index contributed by atoms with van der Waals surface area (Å²) < 4.78 is 8.94. The lowest BCUT2D eigenvalue weighted by Gasteiger charge is -2.13. The first-order valence-corrected chi connectivity index (χ1v) is 8.72. The Bertz CT molecular complexity index is 1250. The number of para-hydroxylation sites is 2. The number of pyridine rings is 1. The molecule has 28 heavy (non-hydrogen) atoms. The van der Waals surface area contributed by atoms with Gasteiger partial charge in [0.15, 0.2) is 0 Å². The Morgan fingerprint density at radius 1 is 0.964 bits per heavy atom. The maximum absolute atomic E-state index is 12.7. The van der Waals surface area contributed by atoms with Crippen LogP contribution in [0.25, 0.3) is 22.0 Å². The van der Waals surface area contributed by atoms with Crippen molar-refractivity contribution in [1.29, 1.82) is 0 Å². The van der Waals surface area contributed by atoms with E-state index >= 15 is 0 Å². The fourth-order valence-electron chi connectivity index (χ4n) is 3.37. The maximum Gasteiger partial charge on any atom is 0.352 e. The van der Waals surface area contributed by atoms with Crippen molar-refractivity contribution in [3.8, 4) is 22.6 Å². The summed E-state index contributed by atoms with van der Waals surface area (Å²) in [5.74, 6) is 0.227. The highest BCUT2D eigenvalue weighted by Crippen LogP contribution is 2.37. The number of hydrogen-bond acceptors (Lipinski definition) is 3. The third-order valence-electron chi connectivity index (χ3n) is 4.74. The lowest BCUT2D eigenvalue weighted by molar-refractivity contribution is 0.0687. The van der Waals surface area contributed by atoms with E-state index in [2.05, 4.69) is 0 Å². The van der Waals surface area contributed by atoms with Crippen LogP contribution >= 0.6 is 0 Å². The number of carbonyl (C=O) groups is 1. The van der Waals surface area contributed by atoms with Crippen LogP contribution in [0.5, 0.6) is 11.5 Å². The van der Waals surface area contributed by atoms with Crippen LogP contribution in [0.15, 0.2) is 71.7 Å². The molecule has 0 unspecified atom stereocenters. The van der Waals surface area contributed by atoms with Gasteiger partial charge in [-0.2, -0.15) is 0 Å². The van der Waals surface area contributed by atoms with Crippen molar-refractivity contribution in [3.05, 3.63) is 82.9 Å². The maximum atomic E-state index is 12.7. The minimum atomic E-state index is -1.08.